The lowest BCUT2D eigenvalue weighted by Gasteiger charge is -1.97. The first-order valence-corrected chi connectivity index (χ1v) is 4.35. The van der Waals surface area contributed by atoms with Gasteiger partial charge in [-0.25, -0.2) is 0 Å². The molecule has 0 bridgehead atoms. The van der Waals surface area contributed by atoms with Crippen molar-refractivity contribution < 1.29 is 36.0 Å². The van der Waals surface area contributed by atoms with E-state index in [9.17, 15) is 18.0 Å². The molecule has 1 atom stereocenters. The third-order valence-corrected chi connectivity index (χ3v) is 1.27. The lowest BCUT2D eigenvalue weighted by molar-refractivity contribution is -0.138. The molecule has 14 heavy (non-hydrogen) atoms. The second-order valence-electron chi connectivity index (χ2n) is 2.05. The highest BCUT2D eigenvalue weighted by Crippen LogP contribution is 2.20. The molecule has 6 nitrogen and oxygen atoms in total. The van der Waals surface area contributed by atoms with E-state index in [1.807, 2.05) is 0 Å². The Morgan fingerprint density at radius 1 is 1.43 bits per heavy atom. The van der Waals surface area contributed by atoms with Crippen LogP contribution in [0.2, 0.25) is 0 Å². The summed E-state index contributed by atoms with van der Waals surface area (Å²) in [6, 6.07) is -0.731. The molecule has 1 unspecified atom stereocenters. The van der Waals surface area contributed by atoms with Crippen LogP contribution >= 0.6 is 0 Å². The van der Waals surface area contributed by atoms with Crippen LogP contribution < -0.4 is 5.73 Å². The summed E-state index contributed by atoms with van der Waals surface area (Å²) < 4.78 is 57.5. The standard InChI is InChI=1S/C3H7NO2.CHF3O3S/c1-2(4)3(5)6;2-1(3,4)8(5,6)7/h2H,4H2,1H3,(H,5,6);(H,5,6,7). The second kappa shape index (κ2) is 5.12. The second-order valence-corrected chi connectivity index (χ2v) is 3.46. The minimum absolute atomic E-state index is 0.731. The summed E-state index contributed by atoms with van der Waals surface area (Å²) in [6.45, 7) is 1.42. The van der Waals surface area contributed by atoms with Crippen molar-refractivity contribution in [3.8, 4) is 0 Å². The SMILES string of the molecule is CC(N)C(=O)O.O=S(=O)(O)C(F)(F)F. The van der Waals surface area contributed by atoms with Crippen LogP contribution in [0.15, 0.2) is 0 Å². The zero-order chi connectivity index (χ0) is 12.2. The fourth-order valence-corrected chi connectivity index (χ4v) is 0. The van der Waals surface area contributed by atoms with E-state index in [-0.39, 0.29) is 0 Å². The predicted octanol–water partition coefficient (Wildman–Crippen LogP) is -0.188. The highest BCUT2D eigenvalue weighted by atomic mass is 32.2. The maximum Gasteiger partial charge on any atom is 0.522 e. The number of carbonyl (C=O) groups is 1. The average Bonchev–Trinajstić information content (AvgIpc) is 1.83. The van der Waals surface area contributed by atoms with E-state index in [2.05, 4.69) is 0 Å². The zero-order valence-electron chi connectivity index (χ0n) is 6.82. The molecule has 0 saturated carbocycles. The first-order valence-electron chi connectivity index (χ1n) is 2.91. The number of halogens is 3. The molecule has 0 fully saturated rings. The number of hydrogen-bond donors (Lipinski definition) is 3. The van der Waals surface area contributed by atoms with Crippen LogP contribution in [0.1, 0.15) is 6.92 Å². The molecule has 0 radical (unpaired) electrons. The molecule has 0 heterocycles. The van der Waals surface area contributed by atoms with Gasteiger partial charge in [0.05, 0.1) is 0 Å². The summed E-state index contributed by atoms with van der Waals surface area (Å²) >= 11 is 0. The molecule has 0 aromatic rings. The minimum atomic E-state index is -5.84. The molecule has 0 rings (SSSR count). The van der Waals surface area contributed by atoms with Crippen molar-refractivity contribution in [2.45, 2.75) is 18.5 Å². The number of carboxylic acids is 1. The molecule has 0 aromatic carbocycles. The van der Waals surface area contributed by atoms with Crippen molar-refractivity contribution in [2.75, 3.05) is 0 Å². The Labute approximate surface area is 77.3 Å². The first kappa shape index (κ1) is 15.6. The monoisotopic (exact) mass is 239 g/mol. The molecular weight excluding hydrogens is 231 g/mol. The normalized spacial score (nSPS) is 13.9. The Bertz CT molecular complexity index is 282. The summed E-state index contributed by atoms with van der Waals surface area (Å²) in [5.41, 5.74) is -0.699. The average molecular weight is 239 g/mol. The van der Waals surface area contributed by atoms with Gasteiger partial charge in [-0.05, 0) is 6.92 Å². The van der Waals surface area contributed by atoms with Crippen LogP contribution in [-0.4, -0.2) is 35.6 Å². The van der Waals surface area contributed by atoms with Crippen molar-refractivity contribution in [2.24, 2.45) is 5.73 Å². The van der Waals surface area contributed by atoms with E-state index in [4.69, 9.17) is 23.8 Å². The molecule has 86 valence electrons. The molecule has 0 aromatic heterocycles. The van der Waals surface area contributed by atoms with E-state index in [0.717, 1.165) is 0 Å². The van der Waals surface area contributed by atoms with Crippen LogP contribution in [0.3, 0.4) is 0 Å². The number of rotatable bonds is 1. The summed E-state index contributed by atoms with van der Waals surface area (Å²) in [5, 5.41) is 7.87. The van der Waals surface area contributed by atoms with E-state index >= 15 is 0 Å². The van der Waals surface area contributed by atoms with Crippen molar-refractivity contribution in [3.05, 3.63) is 0 Å². The fraction of sp³-hybridized carbons (Fsp3) is 0.750. The van der Waals surface area contributed by atoms with Crippen LogP contribution in [0.5, 0.6) is 0 Å². The molecular formula is C4H8F3NO5S. The predicted molar refractivity (Wildman–Crippen MR) is 38.9 cm³/mol. The van der Waals surface area contributed by atoms with Crippen LogP contribution in [-0.2, 0) is 14.9 Å². The molecule has 0 spiro atoms. The Kier molecular flexibility index (Phi) is 5.70. The molecule has 0 saturated heterocycles. The number of hydrogen-bond acceptors (Lipinski definition) is 4. The molecule has 0 aliphatic carbocycles. The van der Waals surface area contributed by atoms with Crippen molar-refractivity contribution in [3.63, 3.8) is 0 Å². The maximum absolute atomic E-state index is 10.7. The smallest absolute Gasteiger partial charge is 0.480 e. The zero-order valence-corrected chi connectivity index (χ0v) is 7.63. The summed E-state index contributed by atoms with van der Waals surface area (Å²) in [5.74, 6) is -0.963. The number of alkyl halides is 3. The van der Waals surface area contributed by atoms with Crippen molar-refractivity contribution in [1.82, 2.24) is 0 Å². The Balaban J connectivity index is 0. The largest absolute Gasteiger partial charge is 0.522 e. The summed E-state index contributed by atoms with van der Waals surface area (Å²) in [7, 11) is -5.84. The molecule has 0 aliphatic rings. The molecule has 10 heteroatoms. The van der Waals surface area contributed by atoms with Gasteiger partial charge in [0, 0.05) is 0 Å². The Morgan fingerprint density at radius 2 is 1.57 bits per heavy atom. The third kappa shape index (κ3) is 7.76. The van der Waals surface area contributed by atoms with Crippen molar-refractivity contribution in [1.29, 1.82) is 0 Å². The van der Waals surface area contributed by atoms with Gasteiger partial charge in [-0.15, -0.1) is 0 Å². The van der Waals surface area contributed by atoms with Gasteiger partial charge in [-0.1, -0.05) is 0 Å². The quantitative estimate of drug-likeness (QED) is 0.431. The fourth-order valence-electron chi connectivity index (χ4n) is 0. The van der Waals surface area contributed by atoms with E-state index in [1.165, 1.54) is 6.92 Å². The van der Waals surface area contributed by atoms with Gasteiger partial charge in [0.15, 0.2) is 0 Å². The van der Waals surface area contributed by atoms with E-state index < -0.39 is 27.6 Å². The number of nitrogens with two attached hydrogens (primary N) is 1. The highest BCUT2D eigenvalue weighted by Gasteiger charge is 2.44. The van der Waals surface area contributed by atoms with Crippen LogP contribution in [0.25, 0.3) is 0 Å². The molecule has 0 amide bonds. The molecule has 4 N–H and O–H groups in total. The van der Waals surface area contributed by atoms with Gasteiger partial charge in [0.2, 0.25) is 0 Å². The highest BCUT2D eigenvalue weighted by molar-refractivity contribution is 7.86. The lowest BCUT2D eigenvalue weighted by Crippen LogP contribution is -2.25. The Hall–Kier alpha value is -0.870. The topological polar surface area (TPSA) is 118 Å². The van der Waals surface area contributed by atoms with Gasteiger partial charge < -0.3 is 10.8 Å². The van der Waals surface area contributed by atoms with Gasteiger partial charge >= 0.3 is 21.6 Å². The number of carboxylic acid groups (broad SMARTS) is 1. The lowest BCUT2D eigenvalue weighted by atomic mass is 10.4. The van der Waals surface area contributed by atoms with Crippen LogP contribution in [0.4, 0.5) is 13.2 Å². The molecule has 0 aliphatic heterocycles. The summed E-state index contributed by atoms with van der Waals surface area (Å²) in [4.78, 5) is 9.57. The van der Waals surface area contributed by atoms with Gasteiger partial charge in [-0.2, -0.15) is 21.6 Å². The van der Waals surface area contributed by atoms with Gasteiger partial charge in [0.25, 0.3) is 0 Å². The maximum atomic E-state index is 10.7. The van der Waals surface area contributed by atoms with E-state index in [0.29, 0.717) is 0 Å². The first-order chi connectivity index (χ1) is 5.89. The third-order valence-electron chi connectivity index (χ3n) is 0.682. The van der Waals surface area contributed by atoms with Crippen LogP contribution in [0, 0.1) is 0 Å². The van der Waals surface area contributed by atoms with Crippen molar-refractivity contribution >= 4 is 16.1 Å². The summed E-state index contributed by atoms with van der Waals surface area (Å²) in [6.07, 6.45) is 0. The van der Waals surface area contributed by atoms with E-state index in [1.54, 1.807) is 0 Å². The minimum Gasteiger partial charge on any atom is -0.480 e. The van der Waals surface area contributed by atoms with Gasteiger partial charge in [0.1, 0.15) is 6.04 Å². The van der Waals surface area contributed by atoms with Gasteiger partial charge in [-0.3, -0.25) is 9.35 Å². The Morgan fingerprint density at radius 3 is 1.57 bits per heavy atom. The number of aliphatic carboxylic acids is 1.